The maximum Gasteiger partial charge on any atom is 0.0548 e. The number of hydrogen-bond acceptors (Lipinski definition) is 2. The number of para-hydroxylation sites is 2. The molecule has 15 aromatic rings. The Labute approximate surface area is 428 Å². The van der Waals surface area contributed by atoms with Gasteiger partial charge in [0.05, 0.1) is 33.4 Å². The van der Waals surface area contributed by atoms with E-state index in [1.807, 2.05) is 0 Å². The Balaban J connectivity index is 0.894. The Hall–Kier alpha value is -9.90. The van der Waals surface area contributed by atoms with Gasteiger partial charge in [-0.3, -0.25) is 0 Å². The van der Waals surface area contributed by atoms with Gasteiger partial charge in [0, 0.05) is 66.4 Å². The van der Waals surface area contributed by atoms with E-state index in [9.17, 15) is 0 Å². The Morgan fingerprint density at radius 3 is 1.00 bits per heavy atom. The van der Waals surface area contributed by atoms with Crippen LogP contribution in [-0.2, 0) is 0 Å². The van der Waals surface area contributed by atoms with Crippen LogP contribution in [0.1, 0.15) is 0 Å². The molecule has 0 aliphatic heterocycles. The molecule has 4 heteroatoms. The standard InChI is InChI=1S/C70H46N4/c1-5-16-47(17-6-1)49-30-36-55(37-31-49)73-63-28-13-20-51-34-40-59-61(42-44-65(73)69(59)67(51)63)71(53-22-9-3-10-23-53)57-26-15-27-58(46-57)72(54-24-11-4-12-25-54)62-43-45-66-70-60(62)41-35-52-21-14-29-64(68(52)70)74(66)56-38-32-50(33-39-56)48-18-7-2-8-19-48/h1-46H. The molecule has 0 bridgehead atoms. The van der Waals surface area contributed by atoms with E-state index in [1.54, 1.807) is 0 Å². The summed E-state index contributed by atoms with van der Waals surface area (Å²) in [7, 11) is 0. The summed E-state index contributed by atoms with van der Waals surface area (Å²) in [6, 6.07) is 102. The van der Waals surface area contributed by atoms with Crippen LogP contribution < -0.4 is 9.80 Å². The normalized spacial score (nSPS) is 11.8. The van der Waals surface area contributed by atoms with Gasteiger partial charge < -0.3 is 18.9 Å². The van der Waals surface area contributed by atoms with E-state index < -0.39 is 0 Å². The van der Waals surface area contributed by atoms with Gasteiger partial charge in [-0.15, -0.1) is 0 Å². The predicted molar refractivity (Wildman–Crippen MR) is 313 cm³/mol. The zero-order chi connectivity index (χ0) is 48.7. The summed E-state index contributed by atoms with van der Waals surface area (Å²) in [5.74, 6) is 0. The molecule has 0 N–H and O–H groups in total. The van der Waals surface area contributed by atoms with Crippen LogP contribution in [0.25, 0.3) is 98.8 Å². The van der Waals surface area contributed by atoms with Gasteiger partial charge in [-0.05, 0) is 136 Å². The van der Waals surface area contributed by atoms with Crippen molar-refractivity contribution in [3.63, 3.8) is 0 Å². The molecule has 2 aromatic heterocycles. The minimum absolute atomic E-state index is 1.06. The second kappa shape index (κ2) is 16.9. The highest BCUT2D eigenvalue weighted by molar-refractivity contribution is 6.28. The van der Waals surface area contributed by atoms with Crippen molar-refractivity contribution in [2.45, 2.75) is 0 Å². The summed E-state index contributed by atoms with van der Waals surface area (Å²) >= 11 is 0. The molecule has 0 radical (unpaired) electrons. The van der Waals surface area contributed by atoms with Crippen molar-refractivity contribution in [3.8, 4) is 33.6 Å². The van der Waals surface area contributed by atoms with E-state index in [0.29, 0.717) is 0 Å². The molecule has 4 nitrogen and oxygen atoms in total. The Bertz CT molecular complexity index is 4210. The van der Waals surface area contributed by atoms with E-state index in [2.05, 4.69) is 298 Å². The largest absolute Gasteiger partial charge is 0.310 e. The molecule has 0 aliphatic carbocycles. The van der Waals surface area contributed by atoms with Crippen molar-refractivity contribution in [1.29, 1.82) is 0 Å². The van der Waals surface area contributed by atoms with Crippen molar-refractivity contribution in [3.05, 3.63) is 279 Å². The van der Waals surface area contributed by atoms with Crippen molar-refractivity contribution in [2.75, 3.05) is 9.80 Å². The number of nitrogens with zero attached hydrogens (tertiary/aromatic N) is 4. The number of hydrogen-bond donors (Lipinski definition) is 0. The summed E-state index contributed by atoms with van der Waals surface area (Å²) in [6.07, 6.45) is 0. The van der Waals surface area contributed by atoms with Gasteiger partial charge in [0.15, 0.2) is 0 Å². The van der Waals surface area contributed by atoms with Crippen LogP contribution in [0.5, 0.6) is 0 Å². The van der Waals surface area contributed by atoms with Crippen LogP contribution in [0, 0.1) is 0 Å². The lowest BCUT2D eigenvalue weighted by molar-refractivity contribution is 1.18. The van der Waals surface area contributed by atoms with Crippen LogP contribution in [-0.4, -0.2) is 9.13 Å². The zero-order valence-electron chi connectivity index (χ0n) is 40.3. The highest BCUT2D eigenvalue weighted by Gasteiger charge is 2.26. The third-order valence-corrected chi connectivity index (χ3v) is 15.2. The van der Waals surface area contributed by atoms with Gasteiger partial charge in [-0.1, -0.05) is 176 Å². The molecule has 0 fully saturated rings. The molecular formula is C70H46N4. The molecule has 0 spiro atoms. The highest BCUT2D eigenvalue weighted by atomic mass is 15.2. The third kappa shape index (κ3) is 6.55. The fraction of sp³-hybridized carbons (Fsp3) is 0. The summed E-state index contributed by atoms with van der Waals surface area (Å²) in [4.78, 5) is 4.88. The van der Waals surface area contributed by atoms with Crippen LogP contribution in [0.2, 0.25) is 0 Å². The van der Waals surface area contributed by atoms with Crippen LogP contribution in [0.3, 0.4) is 0 Å². The molecule has 13 aromatic carbocycles. The minimum atomic E-state index is 1.06. The first-order valence-corrected chi connectivity index (χ1v) is 25.4. The van der Waals surface area contributed by atoms with Crippen molar-refractivity contribution < 1.29 is 0 Å². The summed E-state index contributed by atoms with van der Waals surface area (Å²) in [6.45, 7) is 0. The predicted octanol–water partition coefficient (Wildman–Crippen LogP) is 19.3. The number of rotatable bonds is 10. The monoisotopic (exact) mass is 942 g/mol. The molecule has 0 unspecified atom stereocenters. The number of aromatic nitrogens is 2. The van der Waals surface area contributed by atoms with E-state index >= 15 is 0 Å². The van der Waals surface area contributed by atoms with Crippen molar-refractivity contribution in [2.24, 2.45) is 0 Å². The van der Waals surface area contributed by atoms with Gasteiger partial charge >= 0.3 is 0 Å². The van der Waals surface area contributed by atoms with E-state index in [1.165, 1.54) is 87.4 Å². The van der Waals surface area contributed by atoms with Gasteiger partial charge in [0.25, 0.3) is 0 Å². The average molecular weight is 943 g/mol. The summed E-state index contributed by atoms with van der Waals surface area (Å²) in [5.41, 5.74) is 18.4. The molecular weight excluding hydrogens is 897 g/mol. The second-order valence-corrected chi connectivity index (χ2v) is 19.3. The third-order valence-electron chi connectivity index (χ3n) is 15.2. The Kier molecular flexibility index (Phi) is 9.54. The molecule has 0 atom stereocenters. The van der Waals surface area contributed by atoms with Gasteiger partial charge in [0.1, 0.15) is 0 Å². The molecule has 74 heavy (non-hydrogen) atoms. The van der Waals surface area contributed by atoms with Crippen LogP contribution in [0.4, 0.5) is 34.1 Å². The van der Waals surface area contributed by atoms with Gasteiger partial charge in [-0.25, -0.2) is 0 Å². The SMILES string of the molecule is c1ccc(-c2ccc(-n3c4cccc5ccc6c(N(c7ccccc7)c7cccc(N(c8ccccc8)c8ccc9c%10c8ccc8cccc(c8%10)n9-c8ccc(-c9ccccc9)cc8)c7)ccc3c6c54)cc2)cc1. The lowest BCUT2D eigenvalue weighted by Gasteiger charge is -2.30. The summed E-state index contributed by atoms with van der Waals surface area (Å²) in [5, 5.41) is 9.92. The molecule has 346 valence electrons. The number of anilines is 6. The smallest absolute Gasteiger partial charge is 0.0548 e. The lowest BCUT2D eigenvalue weighted by Crippen LogP contribution is -2.13. The minimum Gasteiger partial charge on any atom is -0.310 e. The topological polar surface area (TPSA) is 16.3 Å². The fourth-order valence-electron chi connectivity index (χ4n) is 11.9. The molecule has 15 rings (SSSR count). The fourth-order valence-corrected chi connectivity index (χ4v) is 11.9. The molecule has 0 amide bonds. The summed E-state index contributed by atoms with van der Waals surface area (Å²) < 4.78 is 4.88. The second-order valence-electron chi connectivity index (χ2n) is 19.3. The van der Waals surface area contributed by atoms with Crippen LogP contribution >= 0.6 is 0 Å². The molecule has 0 saturated heterocycles. The zero-order valence-corrected chi connectivity index (χ0v) is 40.3. The first-order valence-electron chi connectivity index (χ1n) is 25.4. The highest BCUT2D eigenvalue weighted by Crippen LogP contribution is 2.49. The molecule has 2 heterocycles. The quantitative estimate of drug-likeness (QED) is 0.127. The van der Waals surface area contributed by atoms with Crippen molar-refractivity contribution in [1.82, 2.24) is 9.13 Å². The Morgan fingerprint density at radius 2 is 0.581 bits per heavy atom. The molecule has 0 aliphatic rings. The number of benzene rings is 13. The van der Waals surface area contributed by atoms with Crippen molar-refractivity contribution >= 4 is 99.3 Å². The Morgan fingerprint density at radius 1 is 0.230 bits per heavy atom. The maximum atomic E-state index is 2.44. The van der Waals surface area contributed by atoms with Crippen LogP contribution in [0.15, 0.2) is 279 Å². The first-order chi connectivity index (χ1) is 36.7. The average Bonchev–Trinajstić information content (AvgIpc) is 4.01. The maximum absolute atomic E-state index is 2.44. The molecule has 0 saturated carbocycles. The van der Waals surface area contributed by atoms with E-state index in [4.69, 9.17) is 0 Å². The van der Waals surface area contributed by atoms with E-state index in [-0.39, 0.29) is 0 Å². The first kappa shape index (κ1) is 41.8. The lowest BCUT2D eigenvalue weighted by atomic mass is 9.99. The van der Waals surface area contributed by atoms with Gasteiger partial charge in [-0.2, -0.15) is 0 Å². The van der Waals surface area contributed by atoms with Gasteiger partial charge in [0.2, 0.25) is 0 Å². The van der Waals surface area contributed by atoms with E-state index in [0.717, 1.165) is 45.5 Å².